The summed E-state index contributed by atoms with van der Waals surface area (Å²) in [6.07, 6.45) is 3.73. The van der Waals surface area contributed by atoms with Gasteiger partial charge in [-0.05, 0) is 44.5 Å². The van der Waals surface area contributed by atoms with Crippen molar-refractivity contribution in [2.75, 3.05) is 25.0 Å². The number of likely N-dealkylation sites (N-methyl/N-ethyl adjacent to an activating group) is 1. The lowest BCUT2D eigenvalue weighted by Crippen LogP contribution is -2.37. The van der Waals surface area contributed by atoms with Crippen molar-refractivity contribution >= 4 is 23.1 Å². The van der Waals surface area contributed by atoms with E-state index in [4.69, 9.17) is 22.7 Å². The Labute approximate surface area is 125 Å². The van der Waals surface area contributed by atoms with Crippen LogP contribution in [0.3, 0.4) is 0 Å². The molecule has 108 valence electrons. The first-order valence-electron chi connectivity index (χ1n) is 7.17. The van der Waals surface area contributed by atoms with Gasteiger partial charge in [-0.25, -0.2) is 0 Å². The molecule has 3 rings (SSSR count). The summed E-state index contributed by atoms with van der Waals surface area (Å²) < 4.78 is 0. The fraction of sp³-hybridized carbons (Fsp3) is 0.533. The lowest BCUT2D eigenvalue weighted by molar-refractivity contribution is 0.254. The first-order valence-corrected chi connectivity index (χ1v) is 7.55. The van der Waals surface area contributed by atoms with Crippen LogP contribution < -0.4 is 10.6 Å². The minimum atomic E-state index is 0.111. The molecule has 0 radical (unpaired) electrons. The Hall–Kier alpha value is -1.26. The summed E-state index contributed by atoms with van der Waals surface area (Å²) >= 11 is 6.14. The minimum Gasteiger partial charge on any atom is -0.384 e. The number of nitrogen functional groups attached to an aromatic ring is 1. The SMILES string of the molecule is CN1C2CCC1CN(c1cc(Cl)ccc1C(=N)N)CC2. The molecule has 4 nitrogen and oxygen atoms in total. The summed E-state index contributed by atoms with van der Waals surface area (Å²) in [4.78, 5) is 4.86. The van der Waals surface area contributed by atoms with Gasteiger partial charge in [-0.1, -0.05) is 11.6 Å². The van der Waals surface area contributed by atoms with Crippen molar-refractivity contribution in [1.82, 2.24) is 4.90 Å². The lowest BCUT2D eigenvalue weighted by atomic mass is 10.1. The molecule has 5 heteroatoms. The normalized spacial score (nSPS) is 26.6. The van der Waals surface area contributed by atoms with Gasteiger partial charge in [0.1, 0.15) is 5.84 Å². The molecule has 2 bridgehead atoms. The van der Waals surface area contributed by atoms with Gasteiger partial charge in [0.25, 0.3) is 0 Å². The molecule has 1 aromatic carbocycles. The van der Waals surface area contributed by atoms with Gasteiger partial charge in [0.05, 0.1) is 0 Å². The van der Waals surface area contributed by atoms with Gasteiger partial charge in [-0.2, -0.15) is 0 Å². The number of anilines is 1. The monoisotopic (exact) mass is 292 g/mol. The van der Waals surface area contributed by atoms with Crippen LogP contribution in [0.15, 0.2) is 18.2 Å². The molecule has 3 N–H and O–H groups in total. The van der Waals surface area contributed by atoms with Crippen molar-refractivity contribution in [3.63, 3.8) is 0 Å². The molecule has 0 aromatic heterocycles. The average Bonchev–Trinajstić information content (AvgIpc) is 2.62. The molecule has 2 fully saturated rings. The second kappa shape index (κ2) is 5.26. The molecule has 2 heterocycles. The third kappa shape index (κ3) is 2.38. The van der Waals surface area contributed by atoms with E-state index < -0.39 is 0 Å². The summed E-state index contributed by atoms with van der Waals surface area (Å²) in [5, 5.41) is 8.46. The topological polar surface area (TPSA) is 56.4 Å². The highest BCUT2D eigenvalue weighted by Crippen LogP contribution is 2.33. The Bertz CT molecular complexity index is 531. The molecule has 0 amide bonds. The van der Waals surface area contributed by atoms with E-state index >= 15 is 0 Å². The number of hydrogen-bond acceptors (Lipinski definition) is 3. The van der Waals surface area contributed by atoms with E-state index in [2.05, 4.69) is 16.8 Å². The maximum atomic E-state index is 7.76. The van der Waals surface area contributed by atoms with E-state index in [1.54, 1.807) is 6.07 Å². The van der Waals surface area contributed by atoms with Gasteiger partial charge in [0, 0.05) is 41.4 Å². The zero-order valence-corrected chi connectivity index (χ0v) is 12.5. The van der Waals surface area contributed by atoms with E-state index in [0.29, 0.717) is 17.1 Å². The lowest BCUT2D eigenvalue weighted by Gasteiger charge is -2.29. The van der Waals surface area contributed by atoms with Gasteiger partial charge in [0.2, 0.25) is 0 Å². The summed E-state index contributed by atoms with van der Waals surface area (Å²) in [5.41, 5.74) is 7.51. The summed E-state index contributed by atoms with van der Waals surface area (Å²) in [6, 6.07) is 6.90. The quantitative estimate of drug-likeness (QED) is 0.649. The molecule has 1 aromatic rings. The van der Waals surface area contributed by atoms with Crippen molar-refractivity contribution in [2.45, 2.75) is 31.3 Å². The molecule has 2 atom stereocenters. The van der Waals surface area contributed by atoms with Crippen molar-refractivity contribution in [3.8, 4) is 0 Å². The van der Waals surface area contributed by atoms with Crippen LogP contribution in [0, 0.1) is 5.41 Å². The average molecular weight is 293 g/mol. The second-order valence-electron chi connectivity index (χ2n) is 5.86. The maximum Gasteiger partial charge on any atom is 0.124 e. The first kappa shape index (κ1) is 13.7. The van der Waals surface area contributed by atoms with Gasteiger partial charge in [-0.3, -0.25) is 10.3 Å². The number of nitrogens with zero attached hydrogens (tertiary/aromatic N) is 2. The van der Waals surface area contributed by atoms with Crippen LogP contribution >= 0.6 is 11.6 Å². The molecule has 2 aliphatic heterocycles. The Morgan fingerprint density at radius 3 is 2.80 bits per heavy atom. The number of rotatable bonds is 2. The molecular formula is C15H21ClN4. The standard InChI is InChI=1S/C15H21ClN4/c1-19-11-3-4-12(19)9-20(7-6-11)14-8-10(16)2-5-13(14)15(17)18/h2,5,8,11-12H,3-4,6-7,9H2,1H3,(H3,17,18). The Kier molecular flexibility index (Phi) is 3.61. The van der Waals surface area contributed by atoms with Gasteiger partial charge < -0.3 is 10.6 Å². The Morgan fingerprint density at radius 1 is 1.30 bits per heavy atom. The molecule has 2 unspecified atom stereocenters. The highest BCUT2D eigenvalue weighted by Gasteiger charge is 2.35. The molecule has 0 aliphatic carbocycles. The van der Waals surface area contributed by atoms with Gasteiger partial charge in [0.15, 0.2) is 0 Å². The van der Waals surface area contributed by atoms with Crippen LogP contribution in [0.5, 0.6) is 0 Å². The van der Waals surface area contributed by atoms with Crippen molar-refractivity contribution in [1.29, 1.82) is 5.41 Å². The zero-order valence-electron chi connectivity index (χ0n) is 11.8. The molecule has 20 heavy (non-hydrogen) atoms. The van der Waals surface area contributed by atoms with E-state index in [1.165, 1.54) is 12.8 Å². The fourth-order valence-electron chi connectivity index (χ4n) is 3.52. The molecule has 2 aliphatic rings. The van der Waals surface area contributed by atoms with E-state index in [1.807, 2.05) is 12.1 Å². The number of amidine groups is 1. The number of benzene rings is 1. The van der Waals surface area contributed by atoms with Crippen molar-refractivity contribution in [2.24, 2.45) is 5.73 Å². The number of nitrogens with one attached hydrogen (secondary N) is 1. The van der Waals surface area contributed by atoms with Crippen LogP contribution in [-0.2, 0) is 0 Å². The van der Waals surface area contributed by atoms with Crippen LogP contribution in [0.2, 0.25) is 5.02 Å². The fourth-order valence-corrected chi connectivity index (χ4v) is 3.69. The third-order valence-corrected chi connectivity index (χ3v) is 4.97. The predicted molar refractivity (Wildman–Crippen MR) is 83.9 cm³/mol. The first-order chi connectivity index (χ1) is 9.56. The van der Waals surface area contributed by atoms with E-state index in [-0.39, 0.29) is 5.84 Å². The van der Waals surface area contributed by atoms with Crippen molar-refractivity contribution in [3.05, 3.63) is 28.8 Å². The minimum absolute atomic E-state index is 0.111. The van der Waals surface area contributed by atoms with Crippen LogP contribution in [0.25, 0.3) is 0 Å². The maximum absolute atomic E-state index is 7.76. The highest BCUT2D eigenvalue weighted by atomic mass is 35.5. The summed E-state index contributed by atoms with van der Waals surface area (Å²) in [6.45, 7) is 2.00. The number of hydrogen-bond donors (Lipinski definition) is 2. The zero-order chi connectivity index (χ0) is 14.3. The molecule has 2 saturated heterocycles. The summed E-state index contributed by atoms with van der Waals surface area (Å²) in [5.74, 6) is 0.111. The molecule has 0 spiro atoms. The van der Waals surface area contributed by atoms with Gasteiger partial charge in [-0.15, -0.1) is 0 Å². The number of fused-ring (bicyclic) bond motifs is 2. The smallest absolute Gasteiger partial charge is 0.124 e. The van der Waals surface area contributed by atoms with Gasteiger partial charge >= 0.3 is 0 Å². The van der Waals surface area contributed by atoms with E-state index in [0.717, 1.165) is 30.8 Å². The predicted octanol–water partition coefficient (Wildman–Crippen LogP) is 2.30. The molecule has 0 saturated carbocycles. The molecular weight excluding hydrogens is 272 g/mol. The largest absolute Gasteiger partial charge is 0.384 e. The number of nitrogens with two attached hydrogens (primary N) is 1. The summed E-state index contributed by atoms with van der Waals surface area (Å²) in [7, 11) is 2.23. The third-order valence-electron chi connectivity index (χ3n) is 4.74. The van der Waals surface area contributed by atoms with Crippen molar-refractivity contribution < 1.29 is 0 Å². The van der Waals surface area contributed by atoms with Crippen LogP contribution in [-0.4, -0.2) is 43.0 Å². The Balaban J connectivity index is 1.93. The number of halogens is 1. The van der Waals surface area contributed by atoms with Crippen LogP contribution in [0.4, 0.5) is 5.69 Å². The Morgan fingerprint density at radius 2 is 2.05 bits per heavy atom. The highest BCUT2D eigenvalue weighted by molar-refractivity contribution is 6.31. The second-order valence-corrected chi connectivity index (χ2v) is 6.30. The van der Waals surface area contributed by atoms with E-state index in [9.17, 15) is 0 Å². The van der Waals surface area contributed by atoms with Crippen LogP contribution in [0.1, 0.15) is 24.8 Å².